The lowest BCUT2D eigenvalue weighted by Gasteiger charge is -2.58. The first-order chi connectivity index (χ1) is 19.8. The van der Waals surface area contributed by atoms with Gasteiger partial charge in [0.15, 0.2) is 6.61 Å². The zero-order valence-electron chi connectivity index (χ0n) is 25.3. The molecule has 3 saturated carbocycles. The number of hydrogen-bond acceptors (Lipinski definition) is 7. The van der Waals surface area contributed by atoms with Gasteiger partial charge in [-0.05, 0) is 86.5 Å². The van der Waals surface area contributed by atoms with E-state index in [0.717, 1.165) is 50.7 Å². The number of carbonyl (C=O) groups excluding carboxylic acids is 2. The van der Waals surface area contributed by atoms with Crippen molar-refractivity contribution in [2.75, 3.05) is 12.4 Å². The fourth-order valence-corrected chi connectivity index (χ4v) is 8.70. The molecule has 0 aromatic heterocycles. The molecule has 0 heterocycles. The third-order valence-corrected chi connectivity index (χ3v) is 11.4. The Hall–Kier alpha value is -2.51. The van der Waals surface area contributed by atoms with Crippen molar-refractivity contribution in [3.8, 4) is 12.3 Å². The highest BCUT2D eigenvalue weighted by molar-refractivity contribution is 7.80. The van der Waals surface area contributed by atoms with Gasteiger partial charge in [0.25, 0.3) is 5.91 Å². The van der Waals surface area contributed by atoms with Crippen molar-refractivity contribution in [1.82, 2.24) is 10.6 Å². The molecular formula is C32H47N3O6S. The second kappa shape index (κ2) is 12.6. The Bertz CT molecular complexity index is 1180. The molecule has 4 aliphatic carbocycles. The van der Waals surface area contributed by atoms with Crippen LogP contribution < -0.4 is 10.6 Å². The van der Waals surface area contributed by atoms with E-state index in [9.17, 15) is 19.5 Å². The number of terminal acetylenes is 1. The zero-order chi connectivity index (χ0) is 30.9. The van der Waals surface area contributed by atoms with E-state index in [4.69, 9.17) is 16.4 Å². The monoisotopic (exact) mass is 601 g/mol. The van der Waals surface area contributed by atoms with Crippen LogP contribution in [0.4, 0.5) is 0 Å². The number of thiol groups is 1. The number of hydrogen-bond donors (Lipinski definition) is 5. The van der Waals surface area contributed by atoms with Crippen LogP contribution >= 0.6 is 12.6 Å². The van der Waals surface area contributed by atoms with Crippen LogP contribution in [-0.2, 0) is 19.2 Å². The van der Waals surface area contributed by atoms with Gasteiger partial charge < -0.3 is 25.7 Å². The minimum Gasteiger partial charge on any atom is -0.481 e. The molecule has 9 nitrogen and oxygen atoms in total. The number of carbonyl (C=O) groups is 3. The molecule has 0 aromatic rings. The molecule has 0 spiro atoms. The Morgan fingerprint density at radius 1 is 1.14 bits per heavy atom. The molecule has 0 aliphatic heterocycles. The van der Waals surface area contributed by atoms with E-state index in [1.807, 2.05) is 0 Å². The number of nitrogens with zero attached hydrogens (tertiary/aromatic N) is 1. The molecule has 8 atom stereocenters. The largest absolute Gasteiger partial charge is 0.481 e. The van der Waals surface area contributed by atoms with Gasteiger partial charge in [0, 0.05) is 17.2 Å². The second-order valence-corrected chi connectivity index (χ2v) is 14.0. The fraction of sp³-hybridized carbons (Fsp3) is 0.750. The molecule has 4 aliphatic rings. The number of aliphatic carboxylic acids is 1. The maximum Gasteiger partial charge on any atom is 0.305 e. The van der Waals surface area contributed by atoms with Gasteiger partial charge in [-0.25, -0.2) is 0 Å². The molecule has 0 aromatic carbocycles. The summed E-state index contributed by atoms with van der Waals surface area (Å²) in [5.41, 5.74) is 1.09. The van der Waals surface area contributed by atoms with E-state index in [-0.39, 0.29) is 35.5 Å². The molecule has 2 amide bonds. The highest BCUT2D eigenvalue weighted by Crippen LogP contribution is 2.67. The maximum atomic E-state index is 12.7. The number of oxime groups is 1. The van der Waals surface area contributed by atoms with E-state index in [0.29, 0.717) is 24.2 Å². The van der Waals surface area contributed by atoms with Crippen LogP contribution in [0.1, 0.15) is 85.5 Å². The number of amides is 2. The Labute approximate surface area is 255 Å². The van der Waals surface area contributed by atoms with Crippen LogP contribution in [0, 0.1) is 46.8 Å². The first-order valence-electron chi connectivity index (χ1n) is 15.3. The quantitative estimate of drug-likeness (QED) is 0.147. The van der Waals surface area contributed by atoms with E-state index in [1.165, 1.54) is 5.57 Å². The predicted octanol–water partition coefficient (Wildman–Crippen LogP) is 3.72. The van der Waals surface area contributed by atoms with Crippen LogP contribution in [0.2, 0.25) is 0 Å². The second-order valence-electron chi connectivity index (χ2n) is 13.6. The summed E-state index contributed by atoms with van der Waals surface area (Å²) in [6.45, 7) is 7.87. The molecule has 0 unspecified atom stereocenters. The first-order valence-corrected chi connectivity index (χ1v) is 15.9. The van der Waals surface area contributed by atoms with Crippen molar-refractivity contribution >= 4 is 36.1 Å². The van der Waals surface area contributed by atoms with Crippen molar-refractivity contribution in [3.05, 3.63) is 11.6 Å². The van der Waals surface area contributed by atoms with E-state index < -0.39 is 35.5 Å². The van der Waals surface area contributed by atoms with Crippen LogP contribution in [0.25, 0.3) is 0 Å². The first kappa shape index (κ1) is 32.4. The summed E-state index contributed by atoms with van der Waals surface area (Å²) >= 11 is 4.11. The Balaban J connectivity index is 1.35. The number of carboxylic acids is 1. The average molecular weight is 602 g/mol. The Morgan fingerprint density at radius 2 is 1.86 bits per heavy atom. The SMILES string of the molecule is C#C[C@@]1(O)CC[C@H]2[C@@H]3CCC4=C/C(=N\OCC(=O)N[C@@H](C(=O)N[C@H](CS)CC(=O)O)C(C)C)CC[C@]4(C)[C@H]3CC[C@@]21C. The van der Waals surface area contributed by atoms with Gasteiger partial charge in [-0.3, -0.25) is 14.4 Å². The van der Waals surface area contributed by atoms with Crippen molar-refractivity contribution < 1.29 is 29.4 Å². The van der Waals surface area contributed by atoms with Crippen LogP contribution in [0.5, 0.6) is 0 Å². The third-order valence-electron chi connectivity index (χ3n) is 11.0. The number of allylic oxidation sites excluding steroid dienone is 2. The summed E-state index contributed by atoms with van der Waals surface area (Å²) in [4.78, 5) is 41.8. The minimum atomic E-state index is -1.04. The maximum absolute atomic E-state index is 12.7. The van der Waals surface area contributed by atoms with Crippen LogP contribution in [0.3, 0.4) is 0 Å². The highest BCUT2D eigenvalue weighted by Gasteiger charge is 2.63. The summed E-state index contributed by atoms with van der Waals surface area (Å²) in [5.74, 6) is 2.30. The highest BCUT2D eigenvalue weighted by atomic mass is 32.1. The molecule has 42 heavy (non-hydrogen) atoms. The lowest BCUT2D eigenvalue weighted by Crippen LogP contribution is -2.54. The summed E-state index contributed by atoms with van der Waals surface area (Å²) in [7, 11) is 0. The molecule has 0 radical (unpaired) electrons. The molecule has 4 N–H and O–H groups in total. The van der Waals surface area contributed by atoms with Gasteiger partial charge >= 0.3 is 5.97 Å². The van der Waals surface area contributed by atoms with Crippen molar-refractivity contribution in [3.63, 3.8) is 0 Å². The lowest BCUT2D eigenvalue weighted by molar-refractivity contribution is -0.138. The van der Waals surface area contributed by atoms with E-state index in [2.05, 4.69) is 54.3 Å². The number of rotatable bonds is 10. The molecular weight excluding hydrogens is 554 g/mol. The Kier molecular flexibility index (Phi) is 9.73. The number of aliphatic hydroxyl groups is 1. The van der Waals surface area contributed by atoms with E-state index in [1.54, 1.807) is 13.8 Å². The molecule has 0 saturated heterocycles. The van der Waals surface area contributed by atoms with Gasteiger partial charge in [0.2, 0.25) is 5.91 Å². The van der Waals surface area contributed by atoms with E-state index >= 15 is 0 Å². The van der Waals surface area contributed by atoms with Gasteiger partial charge in [0.1, 0.15) is 11.6 Å². The summed E-state index contributed by atoms with van der Waals surface area (Å²) in [5, 5.41) is 29.9. The molecule has 3 fully saturated rings. The van der Waals surface area contributed by atoms with Gasteiger partial charge in [-0.1, -0.05) is 44.3 Å². The lowest BCUT2D eigenvalue weighted by atomic mass is 9.46. The van der Waals surface area contributed by atoms with Crippen LogP contribution in [0.15, 0.2) is 16.8 Å². The van der Waals surface area contributed by atoms with Gasteiger partial charge in [-0.2, -0.15) is 12.6 Å². The molecule has 4 rings (SSSR count). The smallest absolute Gasteiger partial charge is 0.305 e. The predicted molar refractivity (Wildman–Crippen MR) is 164 cm³/mol. The standard InChI is InChI=1S/C32H47N3O6S/c1-6-32(40)14-11-25-23-8-7-20-15-21(9-12-30(20,4)24(23)10-13-31(25,32)5)35-41-17-26(36)34-28(19(2)3)29(39)33-22(18-42)16-27(37)38/h1,15,19,22-25,28,40,42H,7-14,16-18H2,2-5H3,(H,33,39)(H,34,36)(H,37,38)/b35-21-/t22-,23+,24-,25-,28+,30-,31-,32+/m0/s1. The Morgan fingerprint density at radius 3 is 2.50 bits per heavy atom. The van der Waals surface area contributed by atoms with Gasteiger partial charge in [0.05, 0.1) is 12.1 Å². The third kappa shape index (κ3) is 6.10. The topological polar surface area (TPSA) is 137 Å². The number of fused-ring (bicyclic) bond motifs is 5. The van der Waals surface area contributed by atoms with Gasteiger partial charge in [-0.15, -0.1) is 6.42 Å². The molecule has 232 valence electrons. The summed E-state index contributed by atoms with van der Waals surface area (Å²) < 4.78 is 0. The number of carboxylic acid groups (broad SMARTS) is 1. The summed E-state index contributed by atoms with van der Waals surface area (Å²) in [6, 6.07) is -1.48. The fourth-order valence-electron chi connectivity index (χ4n) is 8.48. The van der Waals surface area contributed by atoms with Crippen molar-refractivity contribution in [2.45, 2.75) is 103 Å². The average Bonchev–Trinajstić information content (AvgIpc) is 3.21. The molecule has 10 heteroatoms. The van der Waals surface area contributed by atoms with Crippen molar-refractivity contribution in [1.29, 1.82) is 0 Å². The normalized spacial score (nSPS) is 36.0. The number of nitrogens with one attached hydrogen (secondary N) is 2. The zero-order valence-corrected chi connectivity index (χ0v) is 26.2. The minimum absolute atomic E-state index is 0.0842. The van der Waals surface area contributed by atoms with Crippen molar-refractivity contribution in [2.24, 2.45) is 39.7 Å². The summed E-state index contributed by atoms with van der Waals surface area (Å²) in [6.07, 6.45) is 15.2. The molecule has 0 bridgehead atoms. The van der Waals surface area contributed by atoms with Crippen LogP contribution in [-0.4, -0.2) is 63.8 Å².